The molecule has 3 aromatic rings. The summed E-state index contributed by atoms with van der Waals surface area (Å²) >= 11 is 1.11. The summed E-state index contributed by atoms with van der Waals surface area (Å²) in [6, 6.07) is 4.35. The van der Waals surface area contributed by atoms with Gasteiger partial charge in [0.1, 0.15) is 11.5 Å². The lowest BCUT2D eigenvalue weighted by atomic mass is 10.2. The van der Waals surface area contributed by atoms with Crippen LogP contribution < -0.4 is 0 Å². The number of phenols is 2. The molecule has 2 aromatic heterocycles. The summed E-state index contributed by atoms with van der Waals surface area (Å²) in [5.41, 5.74) is 0.343. The van der Waals surface area contributed by atoms with Gasteiger partial charge in [0, 0.05) is 30.7 Å². The van der Waals surface area contributed by atoms with Crippen molar-refractivity contribution in [2.45, 2.75) is 6.92 Å². The summed E-state index contributed by atoms with van der Waals surface area (Å²) in [5, 5.41) is 39.8. The smallest absolute Gasteiger partial charge is 0.249 e. The zero-order valence-electron chi connectivity index (χ0n) is 12.7. The Morgan fingerprint density at radius 1 is 1.12 bits per heavy atom. The first-order valence-corrected chi connectivity index (χ1v) is 7.48. The number of hydrogen-bond donors (Lipinski definition) is 2. The van der Waals surface area contributed by atoms with E-state index in [1.165, 1.54) is 16.8 Å². The Kier molecular flexibility index (Phi) is 4.24. The lowest BCUT2D eigenvalue weighted by Crippen LogP contribution is -1.86. The van der Waals surface area contributed by atoms with Crippen molar-refractivity contribution in [2.75, 3.05) is 0 Å². The number of azo groups is 2. The highest BCUT2D eigenvalue weighted by molar-refractivity contribution is 7.09. The third-order valence-electron chi connectivity index (χ3n) is 2.88. The van der Waals surface area contributed by atoms with Gasteiger partial charge in [-0.25, -0.2) is 9.67 Å². The topological polar surface area (TPSA) is 134 Å². The maximum atomic E-state index is 9.89. The van der Waals surface area contributed by atoms with Gasteiger partial charge in [-0.05, 0) is 13.0 Å². The molecule has 0 saturated heterocycles. The van der Waals surface area contributed by atoms with E-state index in [1.807, 2.05) is 0 Å². The molecule has 3 rings (SSSR count). The van der Waals surface area contributed by atoms with Crippen LogP contribution in [0.3, 0.4) is 0 Å². The molecule has 0 unspecified atom stereocenters. The largest absolute Gasteiger partial charge is 0.504 e. The van der Waals surface area contributed by atoms with Crippen LogP contribution in [0.2, 0.25) is 0 Å². The second-order valence-electron chi connectivity index (χ2n) is 4.67. The van der Waals surface area contributed by atoms with Crippen LogP contribution in [0.25, 0.3) is 0 Å². The number of aromatic hydroxyl groups is 2. The normalized spacial score (nSPS) is 11.8. The average Bonchev–Trinajstić information content (AvgIpc) is 3.15. The molecule has 0 aliphatic carbocycles. The Morgan fingerprint density at radius 3 is 2.62 bits per heavy atom. The molecule has 0 fully saturated rings. The fourth-order valence-corrected chi connectivity index (χ4v) is 2.23. The molecule has 2 heterocycles. The van der Waals surface area contributed by atoms with E-state index in [9.17, 15) is 10.2 Å². The van der Waals surface area contributed by atoms with E-state index in [0.29, 0.717) is 16.8 Å². The minimum absolute atomic E-state index is 0.0543. The van der Waals surface area contributed by atoms with Gasteiger partial charge in [-0.15, -0.1) is 20.5 Å². The fourth-order valence-electron chi connectivity index (χ4n) is 1.72. The molecule has 0 bridgehead atoms. The van der Waals surface area contributed by atoms with Crippen LogP contribution >= 0.6 is 11.5 Å². The number of benzene rings is 1. The highest BCUT2D eigenvalue weighted by Gasteiger charge is 2.10. The highest BCUT2D eigenvalue weighted by atomic mass is 32.1. The predicted octanol–water partition coefficient (Wildman–Crippen LogP) is 3.82. The van der Waals surface area contributed by atoms with E-state index in [1.54, 1.807) is 26.2 Å². The monoisotopic (exact) mass is 344 g/mol. The molecule has 0 radical (unpaired) electrons. The third kappa shape index (κ3) is 3.41. The van der Waals surface area contributed by atoms with Crippen molar-refractivity contribution < 1.29 is 10.2 Å². The molecular formula is C13H12N8O2S. The van der Waals surface area contributed by atoms with Crippen molar-refractivity contribution in [3.63, 3.8) is 0 Å². The zero-order valence-corrected chi connectivity index (χ0v) is 13.5. The SMILES string of the molecule is Cc1nsc(N=Nc2cc(O)c(O)c(N=Nc3ccnn3C)c2)n1. The summed E-state index contributed by atoms with van der Waals surface area (Å²) in [4.78, 5) is 4.05. The molecule has 0 amide bonds. The Labute approximate surface area is 140 Å². The fraction of sp³-hybridized carbons (Fsp3) is 0.154. The number of hydrogen-bond acceptors (Lipinski definition) is 10. The predicted molar refractivity (Wildman–Crippen MR) is 86.0 cm³/mol. The van der Waals surface area contributed by atoms with Crippen LogP contribution in [-0.4, -0.2) is 29.4 Å². The van der Waals surface area contributed by atoms with Gasteiger partial charge in [-0.3, -0.25) is 0 Å². The van der Waals surface area contributed by atoms with E-state index in [-0.39, 0.29) is 17.1 Å². The summed E-state index contributed by atoms with van der Waals surface area (Å²) in [6.07, 6.45) is 1.57. The highest BCUT2D eigenvalue weighted by Crippen LogP contribution is 2.40. The van der Waals surface area contributed by atoms with Crippen molar-refractivity contribution in [2.24, 2.45) is 27.5 Å². The van der Waals surface area contributed by atoms with Gasteiger partial charge in [0.05, 0.1) is 11.9 Å². The first kappa shape index (κ1) is 15.7. The molecule has 0 aliphatic heterocycles. The summed E-state index contributed by atoms with van der Waals surface area (Å²) in [5.74, 6) is 0.323. The Morgan fingerprint density at radius 2 is 1.96 bits per heavy atom. The van der Waals surface area contributed by atoms with Gasteiger partial charge in [0.15, 0.2) is 17.3 Å². The molecule has 1 aromatic carbocycles. The molecule has 0 atom stereocenters. The van der Waals surface area contributed by atoms with Crippen LogP contribution in [0.4, 0.5) is 22.3 Å². The maximum Gasteiger partial charge on any atom is 0.249 e. The first-order valence-electron chi connectivity index (χ1n) is 6.70. The van der Waals surface area contributed by atoms with E-state index >= 15 is 0 Å². The number of rotatable bonds is 4. The van der Waals surface area contributed by atoms with Crippen LogP contribution in [0.15, 0.2) is 44.9 Å². The maximum absolute atomic E-state index is 9.89. The van der Waals surface area contributed by atoms with Crippen LogP contribution in [0.1, 0.15) is 5.82 Å². The number of nitrogens with zero attached hydrogens (tertiary/aromatic N) is 8. The molecule has 0 saturated carbocycles. The standard InChI is InChI=1S/C13H12N8O2S/c1-7-15-13(24-20-7)19-16-8-5-9(12(23)10(22)6-8)17-18-11-3-4-14-21(11)2/h3-6,22-23H,1-2H3. The molecular weight excluding hydrogens is 332 g/mol. The van der Waals surface area contributed by atoms with Gasteiger partial charge >= 0.3 is 0 Å². The number of aromatic nitrogens is 4. The lowest BCUT2D eigenvalue weighted by molar-refractivity contribution is 0.405. The van der Waals surface area contributed by atoms with E-state index in [0.717, 1.165) is 11.5 Å². The summed E-state index contributed by atoms with van der Waals surface area (Å²) in [7, 11) is 1.71. The van der Waals surface area contributed by atoms with Crippen molar-refractivity contribution in [1.29, 1.82) is 0 Å². The summed E-state index contributed by atoms with van der Waals surface area (Å²) in [6.45, 7) is 1.75. The molecule has 0 aliphatic rings. The molecule has 10 nitrogen and oxygen atoms in total. The average molecular weight is 344 g/mol. The van der Waals surface area contributed by atoms with E-state index in [4.69, 9.17) is 0 Å². The Bertz CT molecular complexity index is 930. The second kappa shape index (κ2) is 6.50. The Hall–Kier alpha value is -3.21. The van der Waals surface area contributed by atoms with Gasteiger partial charge in [0.25, 0.3) is 0 Å². The van der Waals surface area contributed by atoms with Crippen LogP contribution in [0, 0.1) is 6.92 Å². The zero-order chi connectivity index (χ0) is 17.1. The second-order valence-corrected chi connectivity index (χ2v) is 5.40. The molecule has 0 spiro atoms. The van der Waals surface area contributed by atoms with Gasteiger partial charge in [-0.2, -0.15) is 9.47 Å². The lowest BCUT2D eigenvalue weighted by Gasteiger charge is -2.02. The van der Waals surface area contributed by atoms with Crippen molar-refractivity contribution in [3.05, 3.63) is 30.2 Å². The van der Waals surface area contributed by atoms with Crippen LogP contribution in [-0.2, 0) is 7.05 Å². The number of aryl methyl sites for hydroxylation is 2. The van der Waals surface area contributed by atoms with Gasteiger partial charge < -0.3 is 10.2 Å². The van der Waals surface area contributed by atoms with E-state index < -0.39 is 5.75 Å². The molecule has 24 heavy (non-hydrogen) atoms. The minimum Gasteiger partial charge on any atom is -0.504 e. The Balaban J connectivity index is 1.89. The first-order chi connectivity index (χ1) is 11.5. The molecule has 2 N–H and O–H groups in total. The minimum atomic E-state index is -0.397. The van der Waals surface area contributed by atoms with Gasteiger partial charge in [0.2, 0.25) is 5.13 Å². The van der Waals surface area contributed by atoms with Crippen molar-refractivity contribution in [3.8, 4) is 11.5 Å². The third-order valence-corrected chi connectivity index (χ3v) is 3.57. The number of phenolic OH excluding ortho intramolecular Hbond substituents is 2. The molecule has 11 heteroatoms. The van der Waals surface area contributed by atoms with Crippen molar-refractivity contribution in [1.82, 2.24) is 19.1 Å². The van der Waals surface area contributed by atoms with E-state index in [2.05, 4.69) is 34.9 Å². The van der Waals surface area contributed by atoms with Gasteiger partial charge in [-0.1, -0.05) is 0 Å². The van der Waals surface area contributed by atoms with Crippen LogP contribution in [0.5, 0.6) is 11.5 Å². The quantitative estimate of drug-likeness (QED) is 0.548. The summed E-state index contributed by atoms with van der Waals surface area (Å²) < 4.78 is 5.51. The van der Waals surface area contributed by atoms with Crippen molar-refractivity contribution >= 4 is 33.9 Å². The molecule has 122 valence electrons.